The molecule has 0 atom stereocenters. The molecule has 0 aliphatic heterocycles. The van der Waals surface area contributed by atoms with Crippen LogP contribution in [0.2, 0.25) is 0 Å². The number of nitrogens with one attached hydrogen (secondary N) is 1. The van der Waals surface area contributed by atoms with Crippen molar-refractivity contribution in [2.45, 2.75) is 26.2 Å². The summed E-state index contributed by atoms with van der Waals surface area (Å²) in [4.78, 5) is 4.47. The highest BCUT2D eigenvalue weighted by Gasteiger charge is 2.15. The van der Waals surface area contributed by atoms with Gasteiger partial charge in [0.25, 0.3) is 0 Å². The van der Waals surface area contributed by atoms with Gasteiger partial charge in [0.1, 0.15) is 0 Å². The number of nitrogens with zero attached hydrogens (tertiary/aromatic N) is 1. The largest absolute Gasteiger partial charge is 0.324 e. The number of anilines is 1. The normalized spacial score (nSPS) is 14.5. The van der Waals surface area contributed by atoms with Crippen molar-refractivity contribution in [3.05, 3.63) is 23.0 Å². The summed E-state index contributed by atoms with van der Waals surface area (Å²) in [5.74, 6) is 5.41. The summed E-state index contributed by atoms with van der Waals surface area (Å²) in [6.45, 7) is 2.00. The summed E-state index contributed by atoms with van der Waals surface area (Å²) in [5.41, 5.74) is 7.36. The van der Waals surface area contributed by atoms with Crippen molar-refractivity contribution in [1.29, 1.82) is 0 Å². The van der Waals surface area contributed by atoms with Crippen molar-refractivity contribution >= 4 is 5.69 Å². The molecule has 1 heterocycles. The summed E-state index contributed by atoms with van der Waals surface area (Å²) in [7, 11) is 0. The number of aryl methyl sites for hydroxylation is 2. The van der Waals surface area contributed by atoms with Crippen LogP contribution in [0.4, 0.5) is 5.69 Å². The standard InChI is InChI=1S/C9H13N3/c1-6-5-9(12-10)7-3-2-4-8(7)11-6/h5H,2-4,10H2,1H3,(H,11,12). The van der Waals surface area contributed by atoms with Crippen molar-refractivity contribution in [3.8, 4) is 0 Å². The molecule has 1 aliphatic carbocycles. The third-order valence-corrected chi connectivity index (χ3v) is 2.33. The lowest BCUT2D eigenvalue weighted by atomic mass is 10.1. The Kier molecular flexibility index (Phi) is 1.73. The van der Waals surface area contributed by atoms with E-state index < -0.39 is 0 Å². The number of pyridine rings is 1. The Morgan fingerprint density at radius 1 is 1.50 bits per heavy atom. The van der Waals surface area contributed by atoms with Crippen molar-refractivity contribution in [2.75, 3.05) is 5.43 Å². The molecule has 64 valence electrons. The smallest absolute Gasteiger partial charge is 0.0553 e. The Bertz CT molecular complexity index is 307. The molecule has 0 saturated heterocycles. The maximum absolute atomic E-state index is 5.41. The average Bonchev–Trinajstić information content (AvgIpc) is 2.50. The highest BCUT2D eigenvalue weighted by Crippen LogP contribution is 2.27. The maximum atomic E-state index is 5.41. The molecule has 0 fully saturated rings. The Labute approximate surface area is 72.0 Å². The number of hydrazine groups is 1. The highest BCUT2D eigenvalue weighted by atomic mass is 15.2. The second kappa shape index (κ2) is 2.75. The maximum Gasteiger partial charge on any atom is 0.0553 e. The Hall–Kier alpha value is -1.09. The first-order valence-corrected chi connectivity index (χ1v) is 4.27. The van der Waals surface area contributed by atoms with Gasteiger partial charge in [0, 0.05) is 11.4 Å². The van der Waals surface area contributed by atoms with Crippen LogP contribution >= 0.6 is 0 Å². The van der Waals surface area contributed by atoms with Gasteiger partial charge in [-0.3, -0.25) is 10.8 Å². The van der Waals surface area contributed by atoms with Gasteiger partial charge < -0.3 is 5.43 Å². The van der Waals surface area contributed by atoms with Crippen LogP contribution in [0.15, 0.2) is 6.07 Å². The van der Waals surface area contributed by atoms with E-state index in [1.165, 1.54) is 17.7 Å². The first-order valence-electron chi connectivity index (χ1n) is 4.27. The van der Waals surface area contributed by atoms with E-state index in [0.29, 0.717) is 0 Å². The molecule has 1 aromatic rings. The van der Waals surface area contributed by atoms with E-state index in [4.69, 9.17) is 5.84 Å². The number of nitrogens with two attached hydrogens (primary N) is 1. The zero-order chi connectivity index (χ0) is 8.55. The molecule has 2 rings (SSSR count). The van der Waals surface area contributed by atoms with E-state index in [1.54, 1.807) is 0 Å². The van der Waals surface area contributed by atoms with E-state index in [9.17, 15) is 0 Å². The van der Waals surface area contributed by atoms with Crippen LogP contribution in [0, 0.1) is 6.92 Å². The minimum absolute atomic E-state index is 1.05. The number of rotatable bonds is 1. The SMILES string of the molecule is Cc1cc(NN)c2c(n1)CCC2. The minimum atomic E-state index is 1.05. The minimum Gasteiger partial charge on any atom is -0.324 e. The second-order valence-electron chi connectivity index (χ2n) is 3.23. The van der Waals surface area contributed by atoms with Crippen molar-refractivity contribution in [1.82, 2.24) is 4.98 Å². The molecule has 0 amide bonds. The van der Waals surface area contributed by atoms with E-state index in [2.05, 4.69) is 10.4 Å². The van der Waals surface area contributed by atoms with Gasteiger partial charge in [0.05, 0.1) is 5.69 Å². The summed E-state index contributed by atoms with van der Waals surface area (Å²) in [6.07, 6.45) is 3.42. The number of hydrogen-bond acceptors (Lipinski definition) is 3. The molecule has 3 heteroatoms. The Morgan fingerprint density at radius 3 is 3.08 bits per heavy atom. The number of nitrogen functional groups attached to an aromatic ring is 1. The van der Waals surface area contributed by atoms with Gasteiger partial charge in [-0.2, -0.15) is 0 Å². The van der Waals surface area contributed by atoms with Crippen LogP contribution < -0.4 is 11.3 Å². The molecule has 0 spiro atoms. The number of hydrogen-bond donors (Lipinski definition) is 2. The van der Waals surface area contributed by atoms with E-state index in [-0.39, 0.29) is 0 Å². The number of fused-ring (bicyclic) bond motifs is 1. The fraction of sp³-hybridized carbons (Fsp3) is 0.444. The van der Waals surface area contributed by atoms with Gasteiger partial charge >= 0.3 is 0 Å². The topological polar surface area (TPSA) is 50.9 Å². The van der Waals surface area contributed by atoms with E-state index >= 15 is 0 Å². The summed E-state index contributed by atoms with van der Waals surface area (Å²) < 4.78 is 0. The molecule has 1 aliphatic rings. The monoisotopic (exact) mass is 163 g/mol. The molecular formula is C9H13N3. The van der Waals surface area contributed by atoms with E-state index in [0.717, 1.165) is 24.2 Å². The summed E-state index contributed by atoms with van der Waals surface area (Å²) >= 11 is 0. The highest BCUT2D eigenvalue weighted by molar-refractivity contribution is 5.54. The zero-order valence-electron chi connectivity index (χ0n) is 7.22. The average molecular weight is 163 g/mol. The van der Waals surface area contributed by atoms with Gasteiger partial charge in [0.2, 0.25) is 0 Å². The van der Waals surface area contributed by atoms with Crippen molar-refractivity contribution in [2.24, 2.45) is 5.84 Å². The fourth-order valence-corrected chi connectivity index (χ4v) is 1.81. The predicted molar refractivity (Wildman–Crippen MR) is 48.8 cm³/mol. The summed E-state index contributed by atoms with van der Waals surface area (Å²) in [6, 6.07) is 2.00. The quantitative estimate of drug-likeness (QED) is 0.482. The van der Waals surface area contributed by atoms with Gasteiger partial charge in [-0.15, -0.1) is 0 Å². The van der Waals surface area contributed by atoms with Gasteiger partial charge in [-0.1, -0.05) is 0 Å². The molecule has 0 aromatic carbocycles. The van der Waals surface area contributed by atoms with Crippen LogP contribution in [0.3, 0.4) is 0 Å². The fourth-order valence-electron chi connectivity index (χ4n) is 1.81. The lowest BCUT2D eigenvalue weighted by molar-refractivity contribution is 0.897. The van der Waals surface area contributed by atoms with Crippen LogP contribution in [0.25, 0.3) is 0 Å². The van der Waals surface area contributed by atoms with Gasteiger partial charge in [-0.25, -0.2) is 0 Å². The number of aromatic nitrogens is 1. The van der Waals surface area contributed by atoms with Crippen LogP contribution in [0.1, 0.15) is 23.4 Å². The molecule has 0 bridgehead atoms. The molecule has 0 saturated carbocycles. The van der Waals surface area contributed by atoms with Crippen molar-refractivity contribution < 1.29 is 0 Å². The predicted octanol–water partition coefficient (Wildman–Crippen LogP) is 1.16. The van der Waals surface area contributed by atoms with E-state index in [1.807, 2.05) is 13.0 Å². The molecule has 3 nitrogen and oxygen atoms in total. The third kappa shape index (κ3) is 1.06. The Balaban J connectivity index is 2.55. The summed E-state index contributed by atoms with van der Waals surface area (Å²) in [5, 5.41) is 0. The molecular weight excluding hydrogens is 150 g/mol. The second-order valence-corrected chi connectivity index (χ2v) is 3.23. The van der Waals surface area contributed by atoms with Crippen LogP contribution in [-0.2, 0) is 12.8 Å². The lowest BCUT2D eigenvalue weighted by Crippen LogP contribution is -2.10. The molecule has 1 aromatic heterocycles. The molecule has 0 unspecified atom stereocenters. The molecule has 12 heavy (non-hydrogen) atoms. The Morgan fingerprint density at radius 2 is 2.33 bits per heavy atom. The molecule has 0 radical (unpaired) electrons. The van der Waals surface area contributed by atoms with Crippen LogP contribution in [0.5, 0.6) is 0 Å². The van der Waals surface area contributed by atoms with Gasteiger partial charge in [0.15, 0.2) is 0 Å². The van der Waals surface area contributed by atoms with Crippen molar-refractivity contribution in [3.63, 3.8) is 0 Å². The molecule has 3 N–H and O–H groups in total. The van der Waals surface area contributed by atoms with Crippen LogP contribution in [-0.4, -0.2) is 4.98 Å². The zero-order valence-corrected chi connectivity index (χ0v) is 7.22. The first kappa shape index (κ1) is 7.55. The first-order chi connectivity index (χ1) is 5.81. The lowest BCUT2D eigenvalue weighted by Gasteiger charge is -2.07. The third-order valence-electron chi connectivity index (χ3n) is 2.33. The van der Waals surface area contributed by atoms with Gasteiger partial charge in [-0.05, 0) is 37.8 Å².